The standard InChI is InChI=1S/C23H26N4O4S/c1-2-31-23(29)16-12-27(13-3-4-13)19-10-20(17(24)9-14(19)22(16)28)26-7-5-21-15(11-26)18(25-30)6-8-32-21/h9-10,12-13,30H,2-8,11,24H2,1H3/b25-18+. The van der Waals surface area contributed by atoms with Crippen molar-refractivity contribution in [3.05, 3.63) is 44.6 Å². The molecule has 1 aliphatic carbocycles. The topological polar surface area (TPSA) is 110 Å². The minimum atomic E-state index is -0.599. The Balaban J connectivity index is 1.60. The minimum absolute atomic E-state index is 0.0502. The maximum absolute atomic E-state index is 13.1. The average Bonchev–Trinajstić information content (AvgIpc) is 3.64. The average molecular weight is 455 g/mol. The van der Waals surface area contributed by atoms with Crippen LogP contribution in [0.3, 0.4) is 0 Å². The summed E-state index contributed by atoms with van der Waals surface area (Å²) in [6, 6.07) is 3.92. The Kier molecular flexibility index (Phi) is 5.36. The van der Waals surface area contributed by atoms with Crippen molar-refractivity contribution in [2.45, 2.75) is 38.6 Å². The predicted molar refractivity (Wildman–Crippen MR) is 127 cm³/mol. The summed E-state index contributed by atoms with van der Waals surface area (Å²) in [6.07, 6.45) is 5.28. The first-order valence-electron chi connectivity index (χ1n) is 11.0. The van der Waals surface area contributed by atoms with E-state index >= 15 is 0 Å². The van der Waals surface area contributed by atoms with Gasteiger partial charge in [-0.3, -0.25) is 4.79 Å². The zero-order valence-electron chi connectivity index (χ0n) is 18.0. The highest BCUT2D eigenvalue weighted by atomic mass is 32.2. The number of nitrogen functional groups attached to an aromatic ring is 1. The number of esters is 1. The minimum Gasteiger partial charge on any atom is -0.462 e. The Hall–Kier alpha value is -2.94. The van der Waals surface area contributed by atoms with Crippen LogP contribution in [0.25, 0.3) is 10.9 Å². The third-order valence-corrected chi connectivity index (χ3v) is 7.54. The number of anilines is 2. The zero-order chi connectivity index (χ0) is 22.4. The first-order chi connectivity index (χ1) is 15.5. The first kappa shape index (κ1) is 20.9. The number of nitrogens with two attached hydrogens (primary N) is 1. The third kappa shape index (κ3) is 3.54. The number of oxime groups is 1. The summed E-state index contributed by atoms with van der Waals surface area (Å²) in [5, 5.41) is 13.4. The molecule has 0 radical (unpaired) electrons. The summed E-state index contributed by atoms with van der Waals surface area (Å²) in [7, 11) is 0. The van der Waals surface area contributed by atoms with Crippen LogP contribution in [-0.4, -0.2) is 46.9 Å². The van der Waals surface area contributed by atoms with E-state index < -0.39 is 5.97 Å². The number of hydrogen-bond acceptors (Lipinski definition) is 8. The molecule has 3 aliphatic rings. The Bertz CT molecular complexity index is 1230. The molecule has 32 heavy (non-hydrogen) atoms. The molecule has 0 unspecified atom stereocenters. The Morgan fingerprint density at radius 1 is 1.34 bits per heavy atom. The molecule has 1 aromatic heterocycles. The summed E-state index contributed by atoms with van der Waals surface area (Å²) in [6.45, 7) is 3.35. The number of aromatic nitrogens is 1. The maximum atomic E-state index is 13.1. The maximum Gasteiger partial charge on any atom is 0.343 e. The predicted octanol–water partition coefficient (Wildman–Crippen LogP) is 3.53. The fourth-order valence-corrected chi connectivity index (χ4v) is 5.71. The van der Waals surface area contributed by atoms with E-state index in [4.69, 9.17) is 10.5 Å². The second-order valence-electron chi connectivity index (χ2n) is 8.38. The Morgan fingerprint density at radius 3 is 2.88 bits per heavy atom. The number of hydrogen-bond donors (Lipinski definition) is 2. The lowest BCUT2D eigenvalue weighted by atomic mass is 10.0. The van der Waals surface area contributed by atoms with Gasteiger partial charge < -0.3 is 25.1 Å². The highest BCUT2D eigenvalue weighted by Crippen LogP contribution is 2.41. The molecular weight excluding hydrogens is 428 g/mol. The lowest BCUT2D eigenvalue weighted by molar-refractivity contribution is 0.0524. The van der Waals surface area contributed by atoms with Crippen LogP contribution < -0.4 is 16.1 Å². The zero-order valence-corrected chi connectivity index (χ0v) is 18.8. The van der Waals surface area contributed by atoms with Gasteiger partial charge >= 0.3 is 5.97 Å². The summed E-state index contributed by atoms with van der Waals surface area (Å²) in [5.41, 5.74) is 10.1. The SMILES string of the molecule is CCOC(=O)c1cn(C2CC2)c2cc(N3CCC4=C(C3)/C(=N/O)CCS4)c(N)cc2c1=O. The van der Waals surface area contributed by atoms with E-state index in [-0.39, 0.29) is 23.6 Å². The van der Waals surface area contributed by atoms with Gasteiger partial charge in [-0.2, -0.15) is 0 Å². The summed E-state index contributed by atoms with van der Waals surface area (Å²) >= 11 is 1.84. The highest BCUT2D eigenvalue weighted by molar-refractivity contribution is 8.03. The molecular formula is C23H26N4O4S. The lowest BCUT2D eigenvalue weighted by Gasteiger charge is -2.35. The lowest BCUT2D eigenvalue weighted by Crippen LogP contribution is -2.35. The van der Waals surface area contributed by atoms with Crippen molar-refractivity contribution in [2.24, 2.45) is 5.16 Å². The van der Waals surface area contributed by atoms with Crippen LogP contribution in [0, 0.1) is 0 Å². The van der Waals surface area contributed by atoms with Gasteiger partial charge in [-0.15, -0.1) is 11.8 Å². The molecule has 0 bridgehead atoms. The molecule has 3 heterocycles. The second kappa shape index (κ2) is 8.20. The number of ether oxygens (including phenoxy) is 1. The van der Waals surface area contributed by atoms with Gasteiger partial charge in [-0.25, -0.2) is 4.79 Å². The third-order valence-electron chi connectivity index (χ3n) is 6.34. The second-order valence-corrected chi connectivity index (χ2v) is 9.57. The molecule has 168 valence electrons. The van der Waals surface area contributed by atoms with Gasteiger partial charge in [0.2, 0.25) is 5.43 Å². The number of thioether (sulfide) groups is 1. The molecule has 1 aromatic carbocycles. The molecule has 0 atom stereocenters. The van der Waals surface area contributed by atoms with E-state index in [9.17, 15) is 14.8 Å². The van der Waals surface area contributed by atoms with Crippen LogP contribution >= 0.6 is 11.8 Å². The van der Waals surface area contributed by atoms with Gasteiger partial charge in [0, 0.05) is 48.5 Å². The quantitative estimate of drug-likeness (QED) is 0.315. The van der Waals surface area contributed by atoms with Gasteiger partial charge in [0.15, 0.2) is 0 Å². The van der Waals surface area contributed by atoms with E-state index in [1.54, 1.807) is 19.2 Å². The van der Waals surface area contributed by atoms with Crippen LogP contribution in [0.2, 0.25) is 0 Å². The molecule has 2 aromatic rings. The van der Waals surface area contributed by atoms with Gasteiger partial charge in [-0.1, -0.05) is 5.16 Å². The van der Waals surface area contributed by atoms with E-state index in [0.717, 1.165) is 60.5 Å². The number of carbonyl (C=O) groups is 1. The first-order valence-corrected chi connectivity index (χ1v) is 12.0. The van der Waals surface area contributed by atoms with Gasteiger partial charge in [0.05, 0.1) is 29.2 Å². The van der Waals surface area contributed by atoms with Crippen molar-refractivity contribution in [1.29, 1.82) is 0 Å². The molecule has 5 rings (SSSR count). The Morgan fingerprint density at radius 2 is 2.16 bits per heavy atom. The Labute approximate surface area is 189 Å². The molecule has 0 spiro atoms. The molecule has 1 saturated carbocycles. The summed E-state index contributed by atoms with van der Waals surface area (Å²) in [4.78, 5) is 29.0. The van der Waals surface area contributed by atoms with E-state index in [1.165, 1.54) is 4.91 Å². The van der Waals surface area contributed by atoms with Crippen molar-refractivity contribution < 1.29 is 14.7 Å². The smallest absolute Gasteiger partial charge is 0.343 e. The van der Waals surface area contributed by atoms with Crippen LogP contribution in [0.5, 0.6) is 0 Å². The van der Waals surface area contributed by atoms with E-state index in [1.807, 2.05) is 22.4 Å². The molecule has 1 fully saturated rings. The largest absolute Gasteiger partial charge is 0.462 e. The number of pyridine rings is 1. The van der Waals surface area contributed by atoms with Crippen molar-refractivity contribution >= 4 is 45.7 Å². The van der Waals surface area contributed by atoms with Crippen LogP contribution in [0.1, 0.15) is 49.0 Å². The fourth-order valence-electron chi connectivity index (χ4n) is 4.58. The fraction of sp³-hybridized carbons (Fsp3) is 0.435. The van der Waals surface area contributed by atoms with Gasteiger partial charge in [0.25, 0.3) is 0 Å². The number of rotatable bonds is 4. The van der Waals surface area contributed by atoms with Crippen molar-refractivity contribution in [3.63, 3.8) is 0 Å². The molecule has 0 amide bonds. The molecule has 8 nitrogen and oxygen atoms in total. The van der Waals surface area contributed by atoms with Gasteiger partial charge in [-0.05, 0) is 43.2 Å². The highest BCUT2D eigenvalue weighted by Gasteiger charge is 2.30. The van der Waals surface area contributed by atoms with Crippen LogP contribution in [-0.2, 0) is 4.74 Å². The number of fused-ring (bicyclic) bond motifs is 1. The van der Waals surface area contributed by atoms with Gasteiger partial charge in [0.1, 0.15) is 5.56 Å². The van der Waals surface area contributed by atoms with Crippen molar-refractivity contribution in [3.8, 4) is 0 Å². The van der Waals surface area contributed by atoms with Crippen molar-refractivity contribution in [2.75, 3.05) is 36.1 Å². The summed E-state index contributed by atoms with van der Waals surface area (Å²) in [5.74, 6) is 0.338. The molecule has 2 aliphatic heterocycles. The number of benzene rings is 1. The van der Waals surface area contributed by atoms with E-state index in [0.29, 0.717) is 17.6 Å². The summed E-state index contributed by atoms with van der Waals surface area (Å²) < 4.78 is 7.13. The van der Waals surface area contributed by atoms with Crippen LogP contribution in [0.15, 0.2) is 38.8 Å². The normalized spacial score (nSPS) is 20.0. The number of nitrogens with zero attached hydrogens (tertiary/aromatic N) is 3. The van der Waals surface area contributed by atoms with Crippen molar-refractivity contribution in [1.82, 2.24) is 4.57 Å². The monoisotopic (exact) mass is 454 g/mol. The molecule has 0 saturated heterocycles. The number of carbonyl (C=O) groups excluding carboxylic acids is 1. The van der Waals surface area contributed by atoms with E-state index in [2.05, 4.69) is 10.1 Å². The molecule has 3 N–H and O–H groups in total. The molecule has 9 heteroatoms. The van der Waals surface area contributed by atoms with Crippen LogP contribution in [0.4, 0.5) is 11.4 Å².